The molecule has 8 heteroatoms. The predicted molar refractivity (Wildman–Crippen MR) is 79.7 cm³/mol. The van der Waals surface area contributed by atoms with Gasteiger partial charge in [-0.15, -0.1) is 0 Å². The van der Waals surface area contributed by atoms with Crippen LogP contribution in [0.3, 0.4) is 0 Å². The molecule has 0 spiro atoms. The van der Waals surface area contributed by atoms with Crippen molar-refractivity contribution in [3.8, 4) is 11.8 Å². The van der Waals surface area contributed by atoms with Gasteiger partial charge in [0.15, 0.2) is 9.84 Å². The van der Waals surface area contributed by atoms with E-state index in [1.807, 2.05) is 13.8 Å². The van der Waals surface area contributed by atoms with Gasteiger partial charge in [0.25, 0.3) is 5.91 Å². The van der Waals surface area contributed by atoms with Crippen LogP contribution >= 0.6 is 0 Å². The van der Waals surface area contributed by atoms with Crippen LogP contribution in [0.4, 0.5) is 0 Å². The zero-order valence-corrected chi connectivity index (χ0v) is 13.8. The molecule has 1 atom stereocenters. The van der Waals surface area contributed by atoms with Crippen molar-refractivity contribution in [2.24, 2.45) is 5.92 Å². The molecule has 0 radical (unpaired) electrons. The van der Waals surface area contributed by atoms with Crippen LogP contribution < -0.4 is 5.48 Å². The summed E-state index contributed by atoms with van der Waals surface area (Å²) in [5, 5.41) is 12.5. The molecular weight excluding hydrogens is 308 g/mol. The Bertz CT molecular complexity index is 696. The van der Waals surface area contributed by atoms with Crippen molar-refractivity contribution in [3.05, 3.63) is 17.5 Å². The van der Waals surface area contributed by atoms with Crippen LogP contribution in [0.25, 0.3) is 0 Å². The summed E-state index contributed by atoms with van der Waals surface area (Å²) in [5.74, 6) is 5.33. The summed E-state index contributed by atoms with van der Waals surface area (Å²) in [6.45, 7) is 5.14. The van der Waals surface area contributed by atoms with E-state index in [9.17, 15) is 13.2 Å². The van der Waals surface area contributed by atoms with Crippen LogP contribution in [0.15, 0.2) is 10.6 Å². The summed E-state index contributed by atoms with van der Waals surface area (Å²) in [7, 11) is -3.72. The molecule has 1 aromatic heterocycles. The van der Waals surface area contributed by atoms with Crippen molar-refractivity contribution < 1.29 is 22.9 Å². The molecule has 1 unspecified atom stereocenters. The van der Waals surface area contributed by atoms with Gasteiger partial charge in [-0.1, -0.05) is 24.9 Å². The maximum atomic E-state index is 11.8. The molecule has 1 amide bonds. The number of amides is 1. The summed E-state index contributed by atoms with van der Waals surface area (Å²) in [6.07, 6.45) is 1.11. The molecule has 1 rings (SSSR count). The van der Waals surface area contributed by atoms with Gasteiger partial charge in [-0.3, -0.25) is 10.0 Å². The fraction of sp³-hybridized carbons (Fsp3) is 0.571. The van der Waals surface area contributed by atoms with Gasteiger partial charge in [0, 0.05) is 18.2 Å². The van der Waals surface area contributed by atoms with Crippen LogP contribution in [0.1, 0.15) is 38.6 Å². The van der Waals surface area contributed by atoms with E-state index in [0.717, 1.165) is 6.26 Å². The highest BCUT2D eigenvalue weighted by atomic mass is 32.2. The van der Waals surface area contributed by atoms with Gasteiger partial charge in [-0.05, 0) is 25.7 Å². The summed E-state index contributed by atoms with van der Waals surface area (Å²) in [4.78, 5) is 11.7. The van der Waals surface area contributed by atoms with E-state index >= 15 is 0 Å². The molecule has 22 heavy (non-hydrogen) atoms. The van der Waals surface area contributed by atoms with E-state index in [0.29, 0.717) is 11.5 Å². The Labute approximate surface area is 129 Å². The number of nitrogens with one attached hydrogen (secondary N) is 1. The van der Waals surface area contributed by atoms with Crippen molar-refractivity contribution in [3.63, 3.8) is 0 Å². The number of carbonyl (C=O) groups is 1. The quantitative estimate of drug-likeness (QED) is 0.472. The number of carbonyl (C=O) groups excluding carboxylic acids is 1. The average molecular weight is 328 g/mol. The molecule has 7 nitrogen and oxygen atoms in total. The van der Waals surface area contributed by atoms with Gasteiger partial charge in [-0.25, -0.2) is 13.9 Å². The number of sulfone groups is 1. The van der Waals surface area contributed by atoms with Gasteiger partial charge in [0.2, 0.25) is 5.76 Å². The van der Waals surface area contributed by atoms with E-state index in [-0.39, 0.29) is 18.8 Å². The normalized spacial score (nSPS) is 14.1. The molecule has 0 aliphatic heterocycles. The molecule has 0 aromatic carbocycles. The maximum Gasteiger partial charge on any atom is 0.264 e. The van der Waals surface area contributed by atoms with E-state index in [2.05, 4.69) is 17.0 Å². The summed E-state index contributed by atoms with van der Waals surface area (Å²) >= 11 is 0. The molecular formula is C14H20N2O5S. The number of aromatic nitrogens is 1. The fourth-order valence-corrected chi connectivity index (χ4v) is 2.51. The van der Waals surface area contributed by atoms with Gasteiger partial charge in [-0.2, -0.15) is 0 Å². The third kappa shape index (κ3) is 4.32. The van der Waals surface area contributed by atoms with Crippen molar-refractivity contribution in [2.45, 2.75) is 38.4 Å². The van der Waals surface area contributed by atoms with Crippen LogP contribution in [0.5, 0.6) is 0 Å². The second-order valence-corrected chi connectivity index (χ2v) is 8.00. The zero-order chi connectivity index (χ0) is 17.0. The Morgan fingerprint density at radius 3 is 2.68 bits per heavy atom. The Kier molecular flexibility index (Phi) is 5.74. The molecule has 0 aliphatic carbocycles. The highest BCUT2D eigenvalue weighted by Crippen LogP contribution is 2.23. The zero-order valence-electron chi connectivity index (χ0n) is 13.0. The van der Waals surface area contributed by atoms with Crippen molar-refractivity contribution >= 4 is 15.7 Å². The topological polar surface area (TPSA) is 110 Å². The van der Waals surface area contributed by atoms with E-state index in [4.69, 9.17) is 9.73 Å². The third-order valence-electron chi connectivity index (χ3n) is 3.30. The van der Waals surface area contributed by atoms with Gasteiger partial charge in [0.1, 0.15) is 4.75 Å². The van der Waals surface area contributed by atoms with Crippen LogP contribution in [0, 0.1) is 17.8 Å². The van der Waals surface area contributed by atoms with E-state index in [1.165, 1.54) is 12.4 Å². The minimum atomic E-state index is -3.72. The third-order valence-corrected chi connectivity index (χ3v) is 5.33. The first kappa shape index (κ1) is 18.2. The molecule has 0 saturated carbocycles. The SMILES string of the molecule is CC(C)C#Cc1cc(CCC(C)(C(=O)NO)S(C)(=O)=O)no1. The lowest BCUT2D eigenvalue weighted by Crippen LogP contribution is -2.49. The first-order valence-electron chi connectivity index (χ1n) is 6.71. The summed E-state index contributed by atoms with van der Waals surface area (Å²) < 4.78 is 26.9. The number of rotatable bonds is 5. The number of hydrogen-bond donors (Lipinski definition) is 2. The number of aryl methyl sites for hydroxylation is 1. The van der Waals surface area contributed by atoms with Gasteiger partial charge < -0.3 is 4.52 Å². The second kappa shape index (κ2) is 6.94. The molecule has 0 bridgehead atoms. The Hall–Kier alpha value is -1.85. The fourth-order valence-electron chi connectivity index (χ4n) is 1.66. The summed E-state index contributed by atoms with van der Waals surface area (Å²) in [6, 6.07) is 1.61. The molecule has 0 fully saturated rings. The molecule has 1 heterocycles. The Morgan fingerprint density at radius 2 is 2.18 bits per heavy atom. The van der Waals surface area contributed by atoms with Gasteiger partial charge >= 0.3 is 0 Å². The largest absolute Gasteiger partial charge is 0.347 e. The first-order valence-corrected chi connectivity index (χ1v) is 8.60. The van der Waals surface area contributed by atoms with Crippen LogP contribution in [-0.4, -0.2) is 35.7 Å². The minimum Gasteiger partial charge on any atom is -0.347 e. The Balaban J connectivity index is 2.88. The van der Waals surface area contributed by atoms with Crippen molar-refractivity contribution in [2.75, 3.05) is 6.26 Å². The van der Waals surface area contributed by atoms with E-state index < -0.39 is 20.5 Å². The molecule has 0 aliphatic rings. The predicted octanol–water partition coefficient (Wildman–Crippen LogP) is 0.923. The van der Waals surface area contributed by atoms with Crippen molar-refractivity contribution in [1.82, 2.24) is 10.6 Å². The second-order valence-electron chi connectivity index (χ2n) is 5.55. The monoisotopic (exact) mass is 328 g/mol. The van der Waals surface area contributed by atoms with Crippen LogP contribution in [0.2, 0.25) is 0 Å². The highest BCUT2D eigenvalue weighted by Gasteiger charge is 2.43. The van der Waals surface area contributed by atoms with Crippen LogP contribution in [-0.2, 0) is 21.1 Å². The molecule has 1 aromatic rings. The molecule has 122 valence electrons. The van der Waals surface area contributed by atoms with Crippen molar-refractivity contribution in [1.29, 1.82) is 0 Å². The lowest BCUT2D eigenvalue weighted by molar-refractivity contribution is -0.131. The lowest BCUT2D eigenvalue weighted by Gasteiger charge is -2.24. The van der Waals surface area contributed by atoms with E-state index in [1.54, 1.807) is 6.07 Å². The maximum absolute atomic E-state index is 11.8. The lowest BCUT2D eigenvalue weighted by atomic mass is 10.0. The smallest absolute Gasteiger partial charge is 0.264 e. The standard InChI is InChI=1S/C14H20N2O5S/c1-10(2)5-6-12-9-11(16-21-12)7-8-14(3,13(17)15-18)22(4,19)20/h9-10,18H,7-8H2,1-4H3,(H,15,17). The average Bonchev–Trinajstić information content (AvgIpc) is 2.88. The summed E-state index contributed by atoms with van der Waals surface area (Å²) in [5.41, 5.74) is 1.90. The number of hydrogen-bond acceptors (Lipinski definition) is 6. The highest BCUT2D eigenvalue weighted by molar-refractivity contribution is 7.92. The minimum absolute atomic E-state index is 0.0399. The number of hydroxylamine groups is 1. The number of nitrogens with zero attached hydrogens (tertiary/aromatic N) is 1. The Morgan fingerprint density at radius 1 is 1.55 bits per heavy atom. The molecule has 0 saturated heterocycles. The van der Waals surface area contributed by atoms with Gasteiger partial charge in [0.05, 0.1) is 5.69 Å². The first-order chi connectivity index (χ1) is 10.1. The molecule has 2 N–H and O–H groups in total.